The molecule has 0 bridgehead atoms. The first-order valence-electron chi connectivity index (χ1n) is 6.15. The van der Waals surface area contributed by atoms with Gasteiger partial charge in [-0.15, -0.1) is 0 Å². The highest BCUT2D eigenvalue weighted by Crippen LogP contribution is 2.10. The minimum atomic E-state index is -0.518. The fourth-order valence-electron chi connectivity index (χ4n) is 1.59. The van der Waals surface area contributed by atoms with Crippen LogP contribution in [-0.4, -0.2) is 28.0 Å². The van der Waals surface area contributed by atoms with Gasteiger partial charge in [0.05, 0.1) is 6.20 Å². The van der Waals surface area contributed by atoms with Crippen molar-refractivity contribution >= 4 is 23.6 Å². The van der Waals surface area contributed by atoms with E-state index in [1.165, 1.54) is 18.6 Å². The number of hydrogen-bond acceptors (Lipinski definition) is 5. The molecule has 0 aliphatic heterocycles. The van der Waals surface area contributed by atoms with Gasteiger partial charge in [0.1, 0.15) is 5.69 Å². The summed E-state index contributed by atoms with van der Waals surface area (Å²) in [6.07, 6.45) is 6.20. The maximum Gasteiger partial charge on any atom is 0.289 e. The van der Waals surface area contributed by atoms with Crippen LogP contribution in [0.15, 0.2) is 42.9 Å². The van der Waals surface area contributed by atoms with Crippen molar-refractivity contribution in [1.82, 2.24) is 20.8 Å². The summed E-state index contributed by atoms with van der Waals surface area (Å²) < 4.78 is 0. The monoisotopic (exact) mass is 302 g/mol. The minimum absolute atomic E-state index is 0.133. The zero-order valence-corrected chi connectivity index (χ0v) is 12.2. The molecule has 7 heteroatoms. The highest BCUT2D eigenvalue weighted by atomic mass is 32.2. The summed E-state index contributed by atoms with van der Waals surface area (Å²) in [4.78, 5) is 31.2. The molecule has 0 fully saturated rings. The maximum absolute atomic E-state index is 11.9. The Morgan fingerprint density at radius 2 is 1.81 bits per heavy atom. The molecule has 0 atom stereocenters. The number of hydrogen-bond donors (Lipinski definition) is 2. The molecule has 0 unspecified atom stereocenters. The average molecular weight is 302 g/mol. The predicted octanol–water partition coefficient (Wildman–Crippen LogP) is 1.41. The summed E-state index contributed by atoms with van der Waals surface area (Å²) in [6, 6.07) is 7.20. The van der Waals surface area contributed by atoms with E-state index in [0.29, 0.717) is 5.56 Å². The Bertz CT molecular complexity index is 617. The molecular formula is C14H14N4O2S. The molecule has 0 aliphatic carbocycles. The lowest BCUT2D eigenvalue weighted by Crippen LogP contribution is -2.41. The summed E-state index contributed by atoms with van der Waals surface area (Å²) in [6.45, 7) is 0. The van der Waals surface area contributed by atoms with Gasteiger partial charge in [-0.1, -0.05) is 12.1 Å². The van der Waals surface area contributed by atoms with Gasteiger partial charge in [-0.3, -0.25) is 25.4 Å². The number of aromatic nitrogens is 2. The lowest BCUT2D eigenvalue weighted by molar-refractivity contribution is 0.0843. The van der Waals surface area contributed by atoms with Crippen LogP contribution in [0.5, 0.6) is 0 Å². The molecule has 0 spiro atoms. The SMILES string of the molecule is CSCc1ccc(C(=O)NNC(=O)c2cnccn2)cc1. The molecule has 1 aromatic carbocycles. The normalized spacial score (nSPS) is 9.95. The predicted molar refractivity (Wildman–Crippen MR) is 80.6 cm³/mol. The van der Waals surface area contributed by atoms with E-state index in [4.69, 9.17) is 0 Å². The van der Waals surface area contributed by atoms with E-state index < -0.39 is 5.91 Å². The standard InChI is InChI=1S/C14H14N4O2S/c1-21-9-10-2-4-11(5-3-10)13(19)17-18-14(20)12-8-15-6-7-16-12/h2-8H,9H2,1H3,(H,17,19)(H,18,20). The van der Waals surface area contributed by atoms with Crippen LogP contribution in [0.1, 0.15) is 26.4 Å². The molecule has 1 aromatic heterocycles. The van der Waals surface area contributed by atoms with Gasteiger partial charge in [0, 0.05) is 23.7 Å². The number of carbonyl (C=O) groups excluding carboxylic acids is 2. The van der Waals surface area contributed by atoms with Crippen molar-refractivity contribution in [2.45, 2.75) is 5.75 Å². The number of thioether (sulfide) groups is 1. The Kier molecular flexibility index (Phi) is 5.28. The van der Waals surface area contributed by atoms with Gasteiger partial charge in [-0.2, -0.15) is 11.8 Å². The molecule has 2 N–H and O–H groups in total. The van der Waals surface area contributed by atoms with Crippen LogP contribution in [0.2, 0.25) is 0 Å². The molecule has 0 saturated heterocycles. The second-order valence-corrected chi connectivity index (χ2v) is 4.99. The molecule has 0 radical (unpaired) electrons. The van der Waals surface area contributed by atoms with Crippen LogP contribution >= 0.6 is 11.8 Å². The van der Waals surface area contributed by atoms with Crippen molar-refractivity contribution in [1.29, 1.82) is 0 Å². The van der Waals surface area contributed by atoms with Crippen molar-refractivity contribution in [3.05, 3.63) is 59.7 Å². The number of amides is 2. The van der Waals surface area contributed by atoms with Crippen LogP contribution < -0.4 is 10.9 Å². The molecule has 0 saturated carbocycles. The van der Waals surface area contributed by atoms with E-state index in [1.807, 2.05) is 18.4 Å². The highest BCUT2D eigenvalue weighted by molar-refractivity contribution is 7.97. The molecule has 2 amide bonds. The number of carbonyl (C=O) groups is 2. The summed E-state index contributed by atoms with van der Waals surface area (Å²) >= 11 is 1.71. The van der Waals surface area contributed by atoms with Crippen molar-refractivity contribution < 1.29 is 9.59 Å². The number of hydrazine groups is 1. The van der Waals surface area contributed by atoms with Gasteiger partial charge in [-0.05, 0) is 24.0 Å². The Labute approximate surface area is 126 Å². The van der Waals surface area contributed by atoms with E-state index in [-0.39, 0.29) is 11.6 Å². The fraction of sp³-hybridized carbons (Fsp3) is 0.143. The lowest BCUT2D eigenvalue weighted by Gasteiger charge is -2.07. The van der Waals surface area contributed by atoms with E-state index in [0.717, 1.165) is 11.3 Å². The maximum atomic E-state index is 11.9. The van der Waals surface area contributed by atoms with Gasteiger partial charge < -0.3 is 0 Å². The third-order valence-electron chi connectivity index (χ3n) is 2.61. The Morgan fingerprint density at radius 1 is 1.10 bits per heavy atom. The Morgan fingerprint density at radius 3 is 2.43 bits per heavy atom. The first-order chi connectivity index (χ1) is 10.2. The van der Waals surface area contributed by atoms with E-state index in [2.05, 4.69) is 20.8 Å². The van der Waals surface area contributed by atoms with Gasteiger partial charge >= 0.3 is 0 Å². The van der Waals surface area contributed by atoms with E-state index in [1.54, 1.807) is 23.9 Å². The van der Waals surface area contributed by atoms with Crippen LogP contribution in [0.3, 0.4) is 0 Å². The molecule has 0 aliphatic rings. The number of rotatable bonds is 4. The Hall–Kier alpha value is -2.41. The largest absolute Gasteiger partial charge is 0.289 e. The first kappa shape index (κ1) is 15.0. The van der Waals surface area contributed by atoms with Crippen molar-refractivity contribution in [2.75, 3.05) is 6.26 Å². The lowest BCUT2D eigenvalue weighted by atomic mass is 10.1. The summed E-state index contributed by atoms with van der Waals surface area (Å²) in [5.74, 6) is -0.0101. The number of nitrogens with one attached hydrogen (secondary N) is 2. The van der Waals surface area contributed by atoms with Crippen molar-refractivity contribution in [3.8, 4) is 0 Å². The molecule has 108 valence electrons. The van der Waals surface area contributed by atoms with Crippen LogP contribution in [0.4, 0.5) is 0 Å². The highest BCUT2D eigenvalue weighted by Gasteiger charge is 2.09. The Balaban J connectivity index is 1.91. The quantitative estimate of drug-likeness (QED) is 0.834. The molecule has 2 rings (SSSR count). The molecule has 21 heavy (non-hydrogen) atoms. The summed E-state index contributed by atoms with van der Waals surface area (Å²) in [7, 11) is 0. The topological polar surface area (TPSA) is 84.0 Å². The molecule has 1 heterocycles. The molecular weight excluding hydrogens is 288 g/mol. The van der Waals surface area contributed by atoms with Gasteiger partial charge in [0.15, 0.2) is 0 Å². The third kappa shape index (κ3) is 4.28. The number of nitrogens with zero attached hydrogens (tertiary/aromatic N) is 2. The van der Waals surface area contributed by atoms with Crippen molar-refractivity contribution in [2.24, 2.45) is 0 Å². The van der Waals surface area contributed by atoms with Crippen LogP contribution in [-0.2, 0) is 5.75 Å². The summed E-state index contributed by atoms with van der Waals surface area (Å²) in [5.41, 5.74) is 6.37. The molecule has 2 aromatic rings. The van der Waals surface area contributed by atoms with Gasteiger partial charge in [-0.25, -0.2) is 4.98 Å². The smallest absolute Gasteiger partial charge is 0.267 e. The zero-order chi connectivity index (χ0) is 15.1. The van der Waals surface area contributed by atoms with Gasteiger partial charge in [0.25, 0.3) is 11.8 Å². The minimum Gasteiger partial charge on any atom is -0.267 e. The second kappa shape index (κ2) is 7.39. The van der Waals surface area contributed by atoms with Gasteiger partial charge in [0.2, 0.25) is 0 Å². The molecule has 6 nitrogen and oxygen atoms in total. The van der Waals surface area contributed by atoms with Crippen LogP contribution in [0, 0.1) is 0 Å². The first-order valence-corrected chi connectivity index (χ1v) is 7.54. The zero-order valence-electron chi connectivity index (χ0n) is 11.4. The van der Waals surface area contributed by atoms with Crippen LogP contribution in [0.25, 0.3) is 0 Å². The number of benzene rings is 1. The average Bonchev–Trinajstić information content (AvgIpc) is 2.54. The fourth-order valence-corrected chi connectivity index (χ4v) is 2.11. The third-order valence-corrected chi connectivity index (χ3v) is 3.23. The van der Waals surface area contributed by atoms with Crippen molar-refractivity contribution in [3.63, 3.8) is 0 Å². The second-order valence-electron chi connectivity index (χ2n) is 4.13. The summed E-state index contributed by atoms with van der Waals surface area (Å²) in [5, 5.41) is 0. The van der Waals surface area contributed by atoms with E-state index in [9.17, 15) is 9.59 Å². The van der Waals surface area contributed by atoms with E-state index >= 15 is 0 Å².